The minimum atomic E-state index is 0.389. The highest BCUT2D eigenvalue weighted by molar-refractivity contribution is 7.99. The minimum absolute atomic E-state index is 0.389. The summed E-state index contributed by atoms with van der Waals surface area (Å²) in [7, 11) is 0. The van der Waals surface area contributed by atoms with E-state index < -0.39 is 0 Å². The third-order valence-corrected chi connectivity index (χ3v) is 4.39. The van der Waals surface area contributed by atoms with Crippen LogP contribution >= 0.6 is 24.0 Å². The summed E-state index contributed by atoms with van der Waals surface area (Å²) in [6.45, 7) is 4.28. The molecule has 1 atom stereocenters. The van der Waals surface area contributed by atoms with Crippen molar-refractivity contribution in [3.63, 3.8) is 0 Å². The fourth-order valence-electron chi connectivity index (χ4n) is 2.00. The third kappa shape index (κ3) is 3.18. The van der Waals surface area contributed by atoms with Crippen LogP contribution in [-0.2, 0) is 6.54 Å². The number of nitrogens with two attached hydrogens (primary N) is 1. The quantitative estimate of drug-likeness (QED) is 0.844. The molecule has 3 nitrogen and oxygen atoms in total. The molecular weight excluding hydrogens is 250 g/mol. The van der Waals surface area contributed by atoms with Gasteiger partial charge in [0.2, 0.25) is 0 Å². The van der Waals surface area contributed by atoms with Crippen molar-refractivity contribution in [2.24, 2.45) is 5.73 Å². The van der Waals surface area contributed by atoms with E-state index in [0.717, 1.165) is 24.3 Å². The molecule has 1 aromatic heterocycles. The van der Waals surface area contributed by atoms with Crippen molar-refractivity contribution in [1.29, 1.82) is 0 Å². The van der Waals surface area contributed by atoms with Gasteiger partial charge >= 0.3 is 0 Å². The fourth-order valence-corrected chi connectivity index (χ4v) is 3.27. The molecule has 1 fully saturated rings. The molecule has 0 amide bonds. The summed E-state index contributed by atoms with van der Waals surface area (Å²) >= 11 is 7.06. The van der Waals surface area contributed by atoms with Crippen molar-refractivity contribution in [1.82, 2.24) is 9.88 Å². The molecule has 0 bridgehead atoms. The first-order chi connectivity index (χ1) is 8.18. The van der Waals surface area contributed by atoms with E-state index in [1.165, 1.54) is 11.5 Å². The minimum Gasteiger partial charge on any atom is -0.388 e. The van der Waals surface area contributed by atoms with Crippen molar-refractivity contribution < 1.29 is 0 Å². The van der Waals surface area contributed by atoms with Crippen molar-refractivity contribution >= 4 is 29.0 Å². The van der Waals surface area contributed by atoms with Crippen LogP contribution in [0.25, 0.3) is 0 Å². The number of rotatable bonds is 3. The molecule has 5 heteroatoms. The Morgan fingerprint density at radius 1 is 1.71 bits per heavy atom. The predicted octanol–water partition coefficient (Wildman–Crippen LogP) is 1.65. The average molecular weight is 267 g/mol. The molecule has 0 spiro atoms. The average Bonchev–Trinajstić information content (AvgIpc) is 2.32. The number of nitrogens with zero attached hydrogens (tertiary/aromatic N) is 2. The third-order valence-electron chi connectivity index (χ3n) is 3.00. The van der Waals surface area contributed by atoms with Crippen LogP contribution in [0.2, 0.25) is 0 Å². The molecule has 2 rings (SSSR count). The Balaban J connectivity index is 2.14. The van der Waals surface area contributed by atoms with Crippen LogP contribution in [0.4, 0.5) is 0 Å². The molecule has 1 aromatic rings. The van der Waals surface area contributed by atoms with Crippen molar-refractivity contribution in [2.75, 3.05) is 18.1 Å². The number of thioether (sulfide) groups is 1. The van der Waals surface area contributed by atoms with Crippen molar-refractivity contribution in [2.45, 2.75) is 19.5 Å². The molecule has 92 valence electrons. The van der Waals surface area contributed by atoms with Gasteiger partial charge in [-0.15, -0.1) is 0 Å². The van der Waals surface area contributed by atoms with Gasteiger partial charge in [0.1, 0.15) is 10.7 Å². The first kappa shape index (κ1) is 12.8. The Morgan fingerprint density at radius 2 is 2.53 bits per heavy atom. The van der Waals surface area contributed by atoms with Gasteiger partial charge in [-0.05, 0) is 18.6 Å². The van der Waals surface area contributed by atoms with Gasteiger partial charge in [-0.1, -0.05) is 18.3 Å². The summed E-state index contributed by atoms with van der Waals surface area (Å²) in [6.07, 6.45) is 1.74. The summed E-state index contributed by atoms with van der Waals surface area (Å²) < 4.78 is 0. The van der Waals surface area contributed by atoms with Crippen LogP contribution in [-0.4, -0.2) is 39.0 Å². The highest BCUT2D eigenvalue weighted by Gasteiger charge is 2.20. The number of hydrogen-bond acceptors (Lipinski definition) is 4. The van der Waals surface area contributed by atoms with Crippen LogP contribution in [0.5, 0.6) is 0 Å². The van der Waals surface area contributed by atoms with E-state index in [2.05, 4.69) is 22.9 Å². The second-order valence-electron chi connectivity index (χ2n) is 4.27. The van der Waals surface area contributed by atoms with Crippen LogP contribution < -0.4 is 5.73 Å². The second-order valence-corrected chi connectivity index (χ2v) is 5.86. The van der Waals surface area contributed by atoms with Crippen LogP contribution in [0, 0.1) is 0 Å². The molecule has 17 heavy (non-hydrogen) atoms. The van der Waals surface area contributed by atoms with E-state index in [1.807, 2.05) is 17.8 Å². The Labute approximate surface area is 112 Å². The zero-order valence-electron chi connectivity index (χ0n) is 9.93. The molecular formula is C12H17N3S2. The van der Waals surface area contributed by atoms with Gasteiger partial charge in [-0.25, -0.2) is 0 Å². The van der Waals surface area contributed by atoms with Crippen LogP contribution in [0.1, 0.15) is 18.2 Å². The number of hydrogen-bond donors (Lipinski definition) is 1. The smallest absolute Gasteiger partial charge is 0.123 e. The van der Waals surface area contributed by atoms with E-state index in [-0.39, 0.29) is 0 Å². The molecule has 1 saturated heterocycles. The Hall–Kier alpha value is -0.650. The SMILES string of the molecule is CC1CSCCN1Cc1cccnc1C(N)=S. The second kappa shape index (κ2) is 5.80. The van der Waals surface area contributed by atoms with E-state index in [4.69, 9.17) is 18.0 Å². The zero-order chi connectivity index (χ0) is 12.3. The lowest BCUT2D eigenvalue weighted by Gasteiger charge is -2.33. The van der Waals surface area contributed by atoms with E-state index in [1.54, 1.807) is 6.20 Å². The number of thiocarbonyl (C=S) groups is 1. The Bertz CT molecular complexity index is 408. The van der Waals surface area contributed by atoms with Crippen LogP contribution in [0.15, 0.2) is 18.3 Å². The molecule has 1 aliphatic heterocycles. The molecule has 0 aliphatic carbocycles. The van der Waals surface area contributed by atoms with Crippen LogP contribution in [0.3, 0.4) is 0 Å². The summed E-state index contributed by atoms with van der Waals surface area (Å²) in [6, 6.07) is 4.62. The van der Waals surface area contributed by atoms with Crippen molar-refractivity contribution in [3.05, 3.63) is 29.6 Å². The van der Waals surface area contributed by atoms with Gasteiger partial charge < -0.3 is 5.73 Å². The standard InChI is InChI=1S/C12H17N3S2/c1-9-8-17-6-5-15(9)7-10-3-2-4-14-11(10)12(13)16/h2-4,9H,5-8H2,1H3,(H2,13,16). The molecule has 2 heterocycles. The zero-order valence-corrected chi connectivity index (χ0v) is 11.6. The lowest BCUT2D eigenvalue weighted by Crippen LogP contribution is -2.40. The first-order valence-corrected chi connectivity index (χ1v) is 7.30. The monoisotopic (exact) mass is 267 g/mol. The van der Waals surface area contributed by atoms with E-state index >= 15 is 0 Å². The summed E-state index contributed by atoms with van der Waals surface area (Å²) in [4.78, 5) is 7.13. The molecule has 2 N–H and O–H groups in total. The molecule has 0 saturated carbocycles. The lowest BCUT2D eigenvalue weighted by atomic mass is 10.1. The maximum atomic E-state index is 5.70. The number of aromatic nitrogens is 1. The topological polar surface area (TPSA) is 42.2 Å². The molecule has 0 radical (unpaired) electrons. The Morgan fingerprint density at radius 3 is 3.24 bits per heavy atom. The van der Waals surface area contributed by atoms with Gasteiger partial charge in [0.25, 0.3) is 0 Å². The molecule has 1 unspecified atom stereocenters. The summed E-state index contributed by atoms with van der Waals surface area (Å²) in [5.41, 5.74) is 7.61. The summed E-state index contributed by atoms with van der Waals surface area (Å²) in [5.74, 6) is 2.40. The fraction of sp³-hybridized carbons (Fsp3) is 0.500. The van der Waals surface area contributed by atoms with Crippen molar-refractivity contribution in [3.8, 4) is 0 Å². The highest BCUT2D eigenvalue weighted by Crippen LogP contribution is 2.19. The maximum absolute atomic E-state index is 5.70. The maximum Gasteiger partial charge on any atom is 0.123 e. The largest absolute Gasteiger partial charge is 0.388 e. The van der Waals surface area contributed by atoms with Gasteiger partial charge in [-0.2, -0.15) is 11.8 Å². The predicted molar refractivity (Wildman–Crippen MR) is 77.3 cm³/mol. The Kier molecular flexibility index (Phi) is 4.36. The highest BCUT2D eigenvalue weighted by atomic mass is 32.2. The molecule has 0 aromatic carbocycles. The number of pyridine rings is 1. The van der Waals surface area contributed by atoms with Gasteiger partial charge in [-0.3, -0.25) is 9.88 Å². The summed E-state index contributed by atoms with van der Waals surface area (Å²) in [5, 5.41) is 0. The van der Waals surface area contributed by atoms with Gasteiger partial charge in [0, 0.05) is 36.8 Å². The molecule has 1 aliphatic rings. The normalized spacial score (nSPS) is 21.4. The first-order valence-electron chi connectivity index (χ1n) is 5.74. The van der Waals surface area contributed by atoms with E-state index in [9.17, 15) is 0 Å². The van der Waals surface area contributed by atoms with Gasteiger partial charge in [0.05, 0.1) is 0 Å². The lowest BCUT2D eigenvalue weighted by molar-refractivity contribution is 0.223. The van der Waals surface area contributed by atoms with Gasteiger partial charge in [0.15, 0.2) is 0 Å². The van der Waals surface area contributed by atoms with E-state index in [0.29, 0.717) is 11.0 Å².